The fourth-order valence-electron chi connectivity index (χ4n) is 5.84. The molecule has 5 nitrogen and oxygen atoms in total. The highest BCUT2D eigenvalue weighted by molar-refractivity contribution is 7.54. The van der Waals surface area contributed by atoms with Gasteiger partial charge in [0, 0.05) is 13.1 Å². The van der Waals surface area contributed by atoms with Crippen LogP contribution >= 0.6 is 7.67 Å². The van der Waals surface area contributed by atoms with E-state index >= 15 is 4.57 Å². The van der Waals surface area contributed by atoms with E-state index in [1.165, 1.54) is 0 Å². The molecule has 1 unspecified atom stereocenters. The molecular formula is C32H33N2O3P. The molecule has 1 N–H and O–H groups in total. The molecule has 4 aromatic carbocycles. The molecule has 2 aliphatic heterocycles. The van der Waals surface area contributed by atoms with Crippen molar-refractivity contribution in [3.63, 3.8) is 0 Å². The van der Waals surface area contributed by atoms with Crippen LogP contribution < -0.4 is 0 Å². The first-order valence-electron chi connectivity index (χ1n) is 13.3. The summed E-state index contributed by atoms with van der Waals surface area (Å²) in [5.41, 5.74) is 4.37. The van der Waals surface area contributed by atoms with Gasteiger partial charge < -0.3 is 5.11 Å². The van der Waals surface area contributed by atoms with Crippen LogP contribution in [0.1, 0.15) is 22.3 Å². The fourth-order valence-corrected chi connectivity index (χ4v) is 8.82. The molecule has 0 aromatic heterocycles. The number of rotatable bonds is 8. The molecule has 194 valence electrons. The van der Waals surface area contributed by atoms with Gasteiger partial charge in [0.25, 0.3) is 0 Å². The Hall–Kier alpha value is -3.05. The lowest BCUT2D eigenvalue weighted by Gasteiger charge is -2.43. The molecule has 2 saturated heterocycles. The van der Waals surface area contributed by atoms with Crippen molar-refractivity contribution in [3.8, 4) is 0 Å². The Labute approximate surface area is 224 Å². The van der Waals surface area contributed by atoms with E-state index in [1.807, 2.05) is 89.6 Å². The largest absolute Gasteiger partial charge is 0.389 e. The highest BCUT2D eigenvalue weighted by Gasteiger charge is 2.62. The number of fused-ring (bicyclic) bond motifs is 2. The van der Waals surface area contributed by atoms with Crippen molar-refractivity contribution in [1.82, 2.24) is 9.34 Å². The van der Waals surface area contributed by atoms with E-state index in [0.717, 1.165) is 22.3 Å². The first kappa shape index (κ1) is 25.2. The summed E-state index contributed by atoms with van der Waals surface area (Å²) in [4.78, 5) is 0. The molecule has 0 amide bonds. The van der Waals surface area contributed by atoms with Crippen molar-refractivity contribution < 1.29 is 14.2 Å². The van der Waals surface area contributed by atoms with Crippen LogP contribution in [0.25, 0.3) is 0 Å². The van der Waals surface area contributed by atoms with Crippen LogP contribution in [0.5, 0.6) is 0 Å². The summed E-state index contributed by atoms with van der Waals surface area (Å²) in [6, 6.07) is 40.0. The Balaban J connectivity index is 1.43. The number of benzene rings is 4. The summed E-state index contributed by atoms with van der Waals surface area (Å²) in [6.45, 7) is 0.922. The number of hydrogen-bond donors (Lipinski definition) is 1. The van der Waals surface area contributed by atoms with Crippen LogP contribution in [0.3, 0.4) is 0 Å². The summed E-state index contributed by atoms with van der Waals surface area (Å²) < 4.78 is 25.7. The molecule has 5 atom stereocenters. The maximum Gasteiger partial charge on any atom is 0.347 e. The average molecular weight is 525 g/mol. The average Bonchev–Trinajstić information content (AvgIpc) is 3.21. The van der Waals surface area contributed by atoms with Crippen molar-refractivity contribution in [1.29, 1.82) is 0 Å². The minimum atomic E-state index is -3.49. The third kappa shape index (κ3) is 5.01. The summed E-state index contributed by atoms with van der Waals surface area (Å²) in [6.07, 6.45) is -0.104. The first-order chi connectivity index (χ1) is 18.6. The Morgan fingerprint density at radius 2 is 0.947 bits per heavy atom. The van der Waals surface area contributed by atoms with Crippen LogP contribution in [0.15, 0.2) is 121 Å². The van der Waals surface area contributed by atoms with Crippen molar-refractivity contribution in [3.05, 3.63) is 144 Å². The van der Waals surface area contributed by atoms with Crippen LogP contribution in [0.2, 0.25) is 0 Å². The second-order valence-corrected chi connectivity index (χ2v) is 12.5. The molecule has 2 fully saturated rings. The molecule has 0 saturated carbocycles. The highest BCUT2D eigenvalue weighted by atomic mass is 31.2. The number of aliphatic hydroxyl groups is 1. The molecule has 0 aliphatic carbocycles. The van der Waals surface area contributed by atoms with Crippen molar-refractivity contribution in [2.24, 2.45) is 0 Å². The monoisotopic (exact) mass is 524 g/mol. The zero-order valence-electron chi connectivity index (χ0n) is 21.3. The van der Waals surface area contributed by atoms with Crippen molar-refractivity contribution in [2.75, 3.05) is 0 Å². The highest BCUT2D eigenvalue weighted by Crippen LogP contribution is 2.67. The number of nitrogens with zero attached hydrogens (tertiary/aromatic N) is 2. The molecule has 4 aromatic rings. The van der Waals surface area contributed by atoms with Gasteiger partial charge in [0.1, 0.15) is 6.10 Å². The molecule has 38 heavy (non-hydrogen) atoms. The third-order valence-electron chi connectivity index (χ3n) is 7.73. The molecular weight excluding hydrogens is 491 g/mol. The van der Waals surface area contributed by atoms with Crippen LogP contribution in [-0.2, 0) is 35.0 Å². The zero-order chi connectivity index (χ0) is 26.0. The number of aliphatic hydroxyl groups excluding tert-OH is 1. The normalized spacial score (nSPS) is 27.4. The lowest BCUT2D eigenvalue weighted by Crippen LogP contribution is -2.53. The molecule has 6 rings (SSSR count). The van der Waals surface area contributed by atoms with E-state index in [0.29, 0.717) is 25.9 Å². The number of hydrogen-bond acceptors (Lipinski definition) is 3. The third-order valence-corrected chi connectivity index (χ3v) is 10.4. The lowest BCUT2D eigenvalue weighted by atomic mass is 9.91. The van der Waals surface area contributed by atoms with E-state index in [9.17, 15) is 5.11 Å². The quantitative estimate of drug-likeness (QED) is 0.283. The Bertz CT molecular complexity index is 1330. The van der Waals surface area contributed by atoms with Crippen molar-refractivity contribution >= 4 is 7.67 Å². The Kier molecular flexibility index (Phi) is 7.29. The molecule has 0 spiro atoms. The van der Waals surface area contributed by atoms with Gasteiger partial charge in [-0.3, -0.25) is 9.09 Å². The van der Waals surface area contributed by atoms with E-state index < -0.39 is 19.9 Å². The van der Waals surface area contributed by atoms with E-state index in [2.05, 4.69) is 41.1 Å². The maximum absolute atomic E-state index is 15.2. The summed E-state index contributed by atoms with van der Waals surface area (Å²) >= 11 is 0. The maximum atomic E-state index is 15.2. The van der Waals surface area contributed by atoms with Gasteiger partial charge in [-0.25, -0.2) is 9.34 Å². The van der Waals surface area contributed by atoms with Crippen LogP contribution in [0.4, 0.5) is 0 Å². The van der Waals surface area contributed by atoms with Gasteiger partial charge in [-0.15, -0.1) is 0 Å². The van der Waals surface area contributed by atoms with Gasteiger partial charge in [-0.2, -0.15) is 0 Å². The molecule has 2 aliphatic rings. The van der Waals surface area contributed by atoms with Gasteiger partial charge >= 0.3 is 7.67 Å². The molecule has 2 bridgehead atoms. The van der Waals surface area contributed by atoms with Gasteiger partial charge in [0.15, 0.2) is 0 Å². The van der Waals surface area contributed by atoms with Gasteiger partial charge in [-0.05, 0) is 35.1 Å². The second-order valence-electron chi connectivity index (χ2n) is 10.2. The van der Waals surface area contributed by atoms with E-state index in [4.69, 9.17) is 4.52 Å². The Morgan fingerprint density at radius 1 is 0.579 bits per heavy atom. The van der Waals surface area contributed by atoms with Gasteiger partial charge in [0.05, 0.1) is 18.2 Å². The SMILES string of the molecule is O=P12O[C@H]([C@@H](O)[C@@H](Cc3ccccc3)N1Cc1ccccc1)[C@@H](Cc1ccccc1)N2Cc1ccccc1. The fraction of sp³-hybridized carbons (Fsp3) is 0.250. The van der Waals surface area contributed by atoms with E-state index in [-0.39, 0.29) is 12.1 Å². The van der Waals surface area contributed by atoms with Crippen LogP contribution in [0, 0.1) is 0 Å². The Morgan fingerprint density at radius 3 is 1.39 bits per heavy atom. The smallest absolute Gasteiger partial charge is 0.347 e. The predicted octanol–water partition coefficient (Wildman–Crippen LogP) is 6.09. The van der Waals surface area contributed by atoms with E-state index in [1.54, 1.807) is 0 Å². The van der Waals surface area contributed by atoms with Crippen LogP contribution in [-0.4, -0.2) is 38.7 Å². The lowest BCUT2D eigenvalue weighted by molar-refractivity contribution is -0.0378. The molecule has 6 heteroatoms. The summed E-state index contributed by atoms with van der Waals surface area (Å²) in [5, 5.41) is 11.9. The first-order valence-corrected chi connectivity index (χ1v) is 14.8. The van der Waals surface area contributed by atoms with Gasteiger partial charge in [0.2, 0.25) is 0 Å². The zero-order valence-corrected chi connectivity index (χ0v) is 22.2. The minimum absolute atomic E-state index is 0.225. The minimum Gasteiger partial charge on any atom is -0.389 e. The molecule has 2 heterocycles. The predicted molar refractivity (Wildman–Crippen MR) is 150 cm³/mol. The summed E-state index contributed by atoms with van der Waals surface area (Å²) in [7, 11) is -3.49. The standard InChI is InChI=1S/C32H33N2O3P/c35-31-29(21-25-13-5-1-6-14-25)33(23-27-17-9-3-10-18-27)38(36)34(24-28-19-11-4-12-20-28)30(32(31)37-38)22-26-15-7-2-8-16-26/h1-20,29-32,35H,21-24H2/t29-,30-,31+,32+,38?/m1/s1. The summed E-state index contributed by atoms with van der Waals surface area (Å²) in [5.74, 6) is 0. The van der Waals surface area contributed by atoms with Crippen molar-refractivity contribution in [2.45, 2.75) is 50.2 Å². The molecule has 0 radical (unpaired) electrons. The topological polar surface area (TPSA) is 53.0 Å². The second kappa shape index (κ2) is 11.0. The van der Waals surface area contributed by atoms with Gasteiger partial charge in [-0.1, -0.05) is 121 Å².